The lowest BCUT2D eigenvalue weighted by atomic mass is 10.1. The van der Waals surface area contributed by atoms with Gasteiger partial charge in [0.1, 0.15) is 5.75 Å². The van der Waals surface area contributed by atoms with Crippen molar-refractivity contribution in [2.75, 3.05) is 13.7 Å². The van der Waals surface area contributed by atoms with Gasteiger partial charge in [-0.2, -0.15) is 0 Å². The average molecular weight is 285 g/mol. The fourth-order valence-electron chi connectivity index (χ4n) is 2.43. The van der Waals surface area contributed by atoms with Gasteiger partial charge < -0.3 is 9.84 Å². The van der Waals surface area contributed by atoms with Gasteiger partial charge in [0.15, 0.2) is 0 Å². The van der Waals surface area contributed by atoms with E-state index in [4.69, 9.17) is 4.74 Å². The molecule has 112 valence electrons. The second-order valence-electron chi connectivity index (χ2n) is 5.36. The normalized spacial score (nSPS) is 12.4. The van der Waals surface area contributed by atoms with E-state index in [0.717, 1.165) is 18.8 Å². The Morgan fingerprint density at radius 3 is 2.33 bits per heavy atom. The van der Waals surface area contributed by atoms with Crippen LogP contribution in [-0.2, 0) is 13.1 Å². The molecule has 2 rings (SSSR count). The number of benzene rings is 2. The molecule has 0 amide bonds. The van der Waals surface area contributed by atoms with Crippen molar-refractivity contribution < 1.29 is 9.84 Å². The molecule has 0 aliphatic heterocycles. The number of methoxy groups -OCH3 is 1. The summed E-state index contributed by atoms with van der Waals surface area (Å²) in [6.45, 7) is 4.08. The highest BCUT2D eigenvalue weighted by Gasteiger charge is 2.10. The fourth-order valence-corrected chi connectivity index (χ4v) is 2.43. The number of rotatable bonds is 7. The summed E-state index contributed by atoms with van der Waals surface area (Å²) in [5.74, 6) is 0.865. The SMILES string of the molecule is COc1cccc(CN(Cc2ccccc2)CC(C)O)c1. The summed E-state index contributed by atoms with van der Waals surface area (Å²) in [5.41, 5.74) is 2.44. The Labute approximate surface area is 126 Å². The van der Waals surface area contributed by atoms with Gasteiger partial charge >= 0.3 is 0 Å². The van der Waals surface area contributed by atoms with Gasteiger partial charge in [0.25, 0.3) is 0 Å². The molecule has 0 bridgehead atoms. The number of hydrogen-bond donors (Lipinski definition) is 1. The van der Waals surface area contributed by atoms with Gasteiger partial charge in [-0.25, -0.2) is 0 Å². The van der Waals surface area contributed by atoms with Crippen LogP contribution in [0.25, 0.3) is 0 Å². The predicted molar refractivity (Wildman–Crippen MR) is 85.2 cm³/mol. The quantitative estimate of drug-likeness (QED) is 0.848. The molecule has 21 heavy (non-hydrogen) atoms. The van der Waals surface area contributed by atoms with Gasteiger partial charge in [-0.15, -0.1) is 0 Å². The molecule has 3 heteroatoms. The molecule has 0 fully saturated rings. The van der Waals surface area contributed by atoms with Crippen molar-refractivity contribution in [2.45, 2.75) is 26.1 Å². The number of aliphatic hydroxyl groups excluding tert-OH is 1. The van der Waals surface area contributed by atoms with Crippen molar-refractivity contribution in [3.8, 4) is 5.75 Å². The Bertz CT molecular complexity index is 540. The first kappa shape index (κ1) is 15.5. The van der Waals surface area contributed by atoms with Crippen LogP contribution in [0.1, 0.15) is 18.1 Å². The monoisotopic (exact) mass is 285 g/mol. The van der Waals surface area contributed by atoms with Crippen LogP contribution >= 0.6 is 0 Å². The lowest BCUT2D eigenvalue weighted by Gasteiger charge is -2.24. The van der Waals surface area contributed by atoms with E-state index < -0.39 is 0 Å². The summed E-state index contributed by atoms with van der Waals surface area (Å²) < 4.78 is 5.27. The van der Waals surface area contributed by atoms with Crippen molar-refractivity contribution in [3.63, 3.8) is 0 Å². The maximum absolute atomic E-state index is 9.71. The van der Waals surface area contributed by atoms with Gasteiger partial charge in [0, 0.05) is 19.6 Å². The Kier molecular flexibility index (Phi) is 5.78. The van der Waals surface area contributed by atoms with E-state index in [-0.39, 0.29) is 6.10 Å². The minimum atomic E-state index is -0.348. The molecule has 3 nitrogen and oxygen atoms in total. The van der Waals surface area contributed by atoms with Crippen LogP contribution in [0, 0.1) is 0 Å². The topological polar surface area (TPSA) is 32.7 Å². The molecule has 1 atom stereocenters. The Hall–Kier alpha value is -1.84. The van der Waals surface area contributed by atoms with E-state index in [2.05, 4.69) is 23.1 Å². The molecule has 1 N–H and O–H groups in total. The third-order valence-electron chi connectivity index (χ3n) is 3.31. The summed E-state index contributed by atoms with van der Waals surface area (Å²) in [7, 11) is 1.68. The minimum Gasteiger partial charge on any atom is -0.497 e. The van der Waals surface area contributed by atoms with Crippen LogP contribution in [-0.4, -0.2) is 29.8 Å². The molecule has 2 aromatic carbocycles. The van der Waals surface area contributed by atoms with Gasteiger partial charge in [0.2, 0.25) is 0 Å². The van der Waals surface area contributed by atoms with Crippen molar-refractivity contribution in [2.24, 2.45) is 0 Å². The summed E-state index contributed by atoms with van der Waals surface area (Å²) >= 11 is 0. The second-order valence-corrected chi connectivity index (χ2v) is 5.36. The highest BCUT2D eigenvalue weighted by molar-refractivity contribution is 5.28. The molecule has 0 aliphatic carbocycles. The Morgan fingerprint density at radius 1 is 1.00 bits per heavy atom. The third kappa shape index (κ3) is 5.21. The molecule has 0 saturated heterocycles. The van der Waals surface area contributed by atoms with E-state index >= 15 is 0 Å². The molecular formula is C18H23NO2. The summed E-state index contributed by atoms with van der Waals surface area (Å²) in [6.07, 6.45) is -0.348. The highest BCUT2D eigenvalue weighted by atomic mass is 16.5. The van der Waals surface area contributed by atoms with E-state index in [0.29, 0.717) is 6.54 Å². The maximum atomic E-state index is 9.71. The molecular weight excluding hydrogens is 262 g/mol. The molecule has 0 spiro atoms. The number of aliphatic hydroxyl groups is 1. The van der Waals surface area contributed by atoms with Gasteiger partial charge in [-0.1, -0.05) is 42.5 Å². The maximum Gasteiger partial charge on any atom is 0.119 e. The van der Waals surface area contributed by atoms with Crippen molar-refractivity contribution in [3.05, 3.63) is 65.7 Å². The average Bonchev–Trinajstić information content (AvgIpc) is 2.48. The van der Waals surface area contributed by atoms with Crippen LogP contribution in [0.4, 0.5) is 0 Å². The molecule has 0 saturated carbocycles. The van der Waals surface area contributed by atoms with Gasteiger partial charge in [0.05, 0.1) is 13.2 Å². The third-order valence-corrected chi connectivity index (χ3v) is 3.31. The molecule has 0 aromatic heterocycles. The molecule has 2 aromatic rings. The lowest BCUT2D eigenvalue weighted by Crippen LogP contribution is -2.30. The molecule has 0 heterocycles. The summed E-state index contributed by atoms with van der Waals surface area (Å²) in [5, 5.41) is 9.71. The van der Waals surface area contributed by atoms with E-state index in [1.54, 1.807) is 7.11 Å². The molecule has 0 radical (unpaired) electrons. The number of ether oxygens (including phenoxy) is 1. The predicted octanol–water partition coefficient (Wildman–Crippen LogP) is 3.08. The van der Waals surface area contributed by atoms with Gasteiger partial charge in [-0.3, -0.25) is 4.90 Å². The highest BCUT2D eigenvalue weighted by Crippen LogP contribution is 2.16. The number of hydrogen-bond acceptors (Lipinski definition) is 3. The lowest BCUT2D eigenvalue weighted by molar-refractivity contribution is 0.118. The van der Waals surface area contributed by atoms with Crippen LogP contribution in [0.15, 0.2) is 54.6 Å². The van der Waals surface area contributed by atoms with Crippen LogP contribution in [0.2, 0.25) is 0 Å². The Balaban J connectivity index is 2.08. The van der Waals surface area contributed by atoms with Crippen LogP contribution < -0.4 is 4.74 Å². The van der Waals surface area contributed by atoms with Crippen molar-refractivity contribution in [1.82, 2.24) is 4.90 Å². The minimum absolute atomic E-state index is 0.348. The first-order valence-corrected chi connectivity index (χ1v) is 7.24. The standard InChI is InChI=1S/C18H23NO2/c1-15(20)12-19(13-16-7-4-3-5-8-16)14-17-9-6-10-18(11-17)21-2/h3-11,15,20H,12-14H2,1-2H3. The number of nitrogens with zero attached hydrogens (tertiary/aromatic N) is 1. The second kappa shape index (κ2) is 7.81. The zero-order chi connectivity index (χ0) is 15.1. The first-order chi connectivity index (χ1) is 10.2. The zero-order valence-corrected chi connectivity index (χ0v) is 12.7. The zero-order valence-electron chi connectivity index (χ0n) is 12.7. The van der Waals surface area contributed by atoms with Crippen LogP contribution in [0.3, 0.4) is 0 Å². The smallest absolute Gasteiger partial charge is 0.119 e. The van der Waals surface area contributed by atoms with E-state index in [1.165, 1.54) is 11.1 Å². The van der Waals surface area contributed by atoms with Crippen molar-refractivity contribution >= 4 is 0 Å². The largest absolute Gasteiger partial charge is 0.497 e. The molecule has 1 unspecified atom stereocenters. The Morgan fingerprint density at radius 2 is 1.67 bits per heavy atom. The fraction of sp³-hybridized carbons (Fsp3) is 0.333. The summed E-state index contributed by atoms with van der Waals surface area (Å²) in [6, 6.07) is 18.4. The molecule has 0 aliphatic rings. The summed E-state index contributed by atoms with van der Waals surface area (Å²) in [4.78, 5) is 2.24. The first-order valence-electron chi connectivity index (χ1n) is 7.24. The van der Waals surface area contributed by atoms with Crippen molar-refractivity contribution in [1.29, 1.82) is 0 Å². The van der Waals surface area contributed by atoms with Gasteiger partial charge in [-0.05, 0) is 30.2 Å². The van der Waals surface area contributed by atoms with E-state index in [1.807, 2.05) is 43.3 Å². The van der Waals surface area contributed by atoms with Crippen LogP contribution in [0.5, 0.6) is 5.75 Å². The van der Waals surface area contributed by atoms with E-state index in [9.17, 15) is 5.11 Å².